The van der Waals surface area contributed by atoms with Crippen molar-refractivity contribution in [2.45, 2.75) is 42.5 Å². The zero-order valence-electron chi connectivity index (χ0n) is 14.7. The molecule has 10 heteroatoms. The van der Waals surface area contributed by atoms with E-state index in [4.69, 9.17) is 15.3 Å². The van der Waals surface area contributed by atoms with Gasteiger partial charge in [0.25, 0.3) is 0 Å². The standard InChI is InChI=1S/C16H26N6O4/c17-9-1-10-14-12(13(9)25-10)15(24)22(26-14)2-11(23)18-16-3-19-6-20(4-16)8-21(5-16)7-19/h9-10,12-15,24H,1-8,17H2,(H,18,23). The molecule has 26 heavy (non-hydrogen) atoms. The van der Waals surface area contributed by atoms with Crippen molar-refractivity contribution in [3.8, 4) is 0 Å². The largest absolute Gasteiger partial charge is 0.376 e. The van der Waals surface area contributed by atoms with E-state index in [0.29, 0.717) is 0 Å². The SMILES string of the molecule is NC1CC2OC1C1C2ON(CC(=O)NC23CN4CN(CN(C4)C2)C3)C1O. The Morgan fingerprint density at radius 1 is 1.15 bits per heavy atom. The highest BCUT2D eigenvalue weighted by Crippen LogP contribution is 2.46. The third kappa shape index (κ3) is 2.24. The second kappa shape index (κ2) is 5.36. The van der Waals surface area contributed by atoms with Crippen molar-refractivity contribution in [2.75, 3.05) is 46.2 Å². The van der Waals surface area contributed by atoms with Gasteiger partial charge in [0.05, 0.1) is 43.7 Å². The van der Waals surface area contributed by atoms with Crippen LogP contribution < -0.4 is 11.1 Å². The summed E-state index contributed by atoms with van der Waals surface area (Å²) in [5, 5.41) is 15.3. The fourth-order valence-electron chi connectivity index (χ4n) is 6.11. The molecule has 0 aromatic rings. The van der Waals surface area contributed by atoms with E-state index in [0.717, 1.165) is 46.1 Å². The van der Waals surface area contributed by atoms with Gasteiger partial charge < -0.3 is 20.9 Å². The molecule has 144 valence electrons. The Balaban J connectivity index is 1.12. The minimum atomic E-state index is -0.847. The first-order valence-corrected chi connectivity index (χ1v) is 9.50. The molecular formula is C16H26N6O4. The van der Waals surface area contributed by atoms with Crippen LogP contribution in [0.3, 0.4) is 0 Å². The lowest BCUT2D eigenvalue weighted by molar-refractivity contribution is -0.219. The first-order chi connectivity index (χ1) is 12.5. The van der Waals surface area contributed by atoms with Crippen LogP contribution in [0.5, 0.6) is 0 Å². The van der Waals surface area contributed by atoms with Crippen molar-refractivity contribution in [2.24, 2.45) is 11.7 Å². The lowest BCUT2D eigenvalue weighted by Gasteiger charge is -2.60. The lowest BCUT2D eigenvalue weighted by atomic mass is 9.83. The van der Waals surface area contributed by atoms with Gasteiger partial charge in [-0.05, 0) is 6.42 Å². The maximum atomic E-state index is 12.7. The molecule has 6 unspecified atom stereocenters. The molecule has 10 nitrogen and oxygen atoms in total. The highest BCUT2D eigenvalue weighted by atomic mass is 16.7. The van der Waals surface area contributed by atoms with E-state index < -0.39 is 6.23 Å². The molecule has 6 bridgehead atoms. The zero-order valence-corrected chi connectivity index (χ0v) is 14.7. The number of aliphatic hydroxyl groups excluding tert-OH is 1. The number of amides is 1. The molecule has 0 spiro atoms. The van der Waals surface area contributed by atoms with E-state index in [2.05, 4.69) is 20.0 Å². The van der Waals surface area contributed by atoms with Gasteiger partial charge in [-0.1, -0.05) is 0 Å². The normalized spacial score (nSPS) is 56.9. The Labute approximate surface area is 151 Å². The van der Waals surface area contributed by atoms with Crippen LogP contribution in [-0.2, 0) is 14.4 Å². The van der Waals surface area contributed by atoms with Crippen molar-refractivity contribution in [3.05, 3.63) is 0 Å². The van der Waals surface area contributed by atoms with Crippen molar-refractivity contribution in [1.29, 1.82) is 0 Å². The van der Waals surface area contributed by atoms with Crippen LogP contribution in [-0.4, -0.2) is 113 Å². The molecule has 0 radical (unpaired) electrons. The predicted octanol–water partition coefficient (Wildman–Crippen LogP) is -3.29. The maximum absolute atomic E-state index is 12.7. The lowest BCUT2D eigenvalue weighted by Crippen LogP contribution is -2.80. The van der Waals surface area contributed by atoms with Crippen LogP contribution in [0.2, 0.25) is 0 Å². The highest BCUT2D eigenvalue weighted by molar-refractivity contribution is 5.79. The molecular weight excluding hydrogens is 340 g/mol. The summed E-state index contributed by atoms with van der Waals surface area (Å²) in [6.45, 7) is 5.62. The van der Waals surface area contributed by atoms with E-state index in [9.17, 15) is 9.90 Å². The van der Waals surface area contributed by atoms with Gasteiger partial charge in [-0.15, -0.1) is 0 Å². The monoisotopic (exact) mass is 366 g/mol. The first-order valence-electron chi connectivity index (χ1n) is 9.50. The number of carbonyl (C=O) groups is 1. The predicted molar refractivity (Wildman–Crippen MR) is 87.9 cm³/mol. The molecule has 0 aliphatic carbocycles. The number of nitrogens with two attached hydrogens (primary N) is 1. The van der Waals surface area contributed by atoms with Gasteiger partial charge in [0.15, 0.2) is 0 Å². The number of nitrogens with zero attached hydrogens (tertiary/aromatic N) is 4. The second-order valence-electron chi connectivity index (χ2n) is 8.91. The third-order valence-corrected chi connectivity index (χ3v) is 6.76. The Kier molecular flexibility index (Phi) is 3.33. The van der Waals surface area contributed by atoms with E-state index in [-0.39, 0.29) is 48.3 Å². The number of hydrogen-bond acceptors (Lipinski definition) is 9. The smallest absolute Gasteiger partial charge is 0.237 e. The molecule has 7 rings (SSSR count). The van der Waals surface area contributed by atoms with Gasteiger partial charge in [-0.25, -0.2) is 0 Å². The quantitative estimate of drug-likeness (QED) is 0.474. The summed E-state index contributed by atoms with van der Waals surface area (Å²) >= 11 is 0. The summed E-state index contributed by atoms with van der Waals surface area (Å²) in [6.07, 6.45) is -0.530. The van der Waals surface area contributed by atoms with E-state index in [1.54, 1.807) is 0 Å². The summed E-state index contributed by atoms with van der Waals surface area (Å²) < 4.78 is 5.81. The molecule has 1 amide bonds. The summed E-state index contributed by atoms with van der Waals surface area (Å²) in [5.74, 6) is -0.272. The van der Waals surface area contributed by atoms with Crippen molar-refractivity contribution >= 4 is 5.91 Å². The molecule has 7 aliphatic rings. The minimum absolute atomic E-state index is 0.0323. The number of fused-ring (bicyclic) bond motifs is 5. The number of carbonyl (C=O) groups excluding carboxylic acids is 1. The molecule has 7 fully saturated rings. The van der Waals surface area contributed by atoms with Crippen molar-refractivity contribution in [1.82, 2.24) is 25.1 Å². The van der Waals surface area contributed by atoms with E-state index in [1.165, 1.54) is 5.06 Å². The Bertz CT molecular complexity index is 599. The fourth-order valence-corrected chi connectivity index (χ4v) is 6.11. The number of nitrogens with one attached hydrogen (secondary N) is 1. The Morgan fingerprint density at radius 2 is 1.81 bits per heavy atom. The highest BCUT2D eigenvalue weighted by Gasteiger charge is 2.62. The summed E-state index contributed by atoms with van der Waals surface area (Å²) in [5.41, 5.74) is 5.85. The van der Waals surface area contributed by atoms with Crippen LogP contribution in [0.1, 0.15) is 6.42 Å². The molecule has 6 atom stereocenters. The Morgan fingerprint density at radius 3 is 2.46 bits per heavy atom. The van der Waals surface area contributed by atoms with Crippen LogP contribution in [0, 0.1) is 5.92 Å². The van der Waals surface area contributed by atoms with E-state index >= 15 is 0 Å². The van der Waals surface area contributed by atoms with Gasteiger partial charge in [0, 0.05) is 25.7 Å². The average Bonchev–Trinajstić information content (AvgIpc) is 3.17. The minimum Gasteiger partial charge on any atom is -0.376 e. The fraction of sp³-hybridized carbons (Fsp3) is 0.938. The summed E-state index contributed by atoms with van der Waals surface area (Å²) in [4.78, 5) is 25.7. The van der Waals surface area contributed by atoms with Crippen molar-refractivity contribution in [3.63, 3.8) is 0 Å². The van der Waals surface area contributed by atoms with Gasteiger partial charge in [0.2, 0.25) is 5.91 Å². The van der Waals surface area contributed by atoms with Gasteiger partial charge in [0.1, 0.15) is 18.9 Å². The van der Waals surface area contributed by atoms with Gasteiger partial charge in [-0.2, -0.15) is 5.06 Å². The maximum Gasteiger partial charge on any atom is 0.237 e. The third-order valence-electron chi connectivity index (χ3n) is 6.76. The zero-order chi connectivity index (χ0) is 17.6. The van der Waals surface area contributed by atoms with Gasteiger partial charge in [-0.3, -0.25) is 24.3 Å². The average molecular weight is 366 g/mol. The topological polar surface area (TPSA) is 107 Å². The molecule has 7 aliphatic heterocycles. The van der Waals surface area contributed by atoms with Gasteiger partial charge >= 0.3 is 0 Å². The number of aliphatic hydroxyl groups is 1. The van der Waals surface area contributed by atoms with Crippen LogP contribution in [0.15, 0.2) is 0 Å². The number of rotatable bonds is 3. The number of hydrogen-bond donors (Lipinski definition) is 3. The molecule has 7 heterocycles. The molecule has 4 N–H and O–H groups in total. The molecule has 0 aromatic carbocycles. The molecule has 0 aromatic heterocycles. The first kappa shape index (κ1) is 16.1. The molecule has 7 saturated heterocycles. The van der Waals surface area contributed by atoms with Crippen LogP contribution in [0.25, 0.3) is 0 Å². The molecule has 0 saturated carbocycles. The van der Waals surface area contributed by atoms with Crippen LogP contribution >= 0.6 is 0 Å². The second-order valence-corrected chi connectivity index (χ2v) is 8.91. The van der Waals surface area contributed by atoms with E-state index in [1.807, 2.05) is 0 Å². The number of ether oxygens (including phenoxy) is 1. The Hall–Kier alpha value is -0.850. The summed E-state index contributed by atoms with van der Waals surface area (Å²) in [7, 11) is 0. The van der Waals surface area contributed by atoms with Crippen LogP contribution in [0.4, 0.5) is 0 Å². The number of hydroxylamine groups is 2. The van der Waals surface area contributed by atoms with Crippen molar-refractivity contribution < 1.29 is 19.5 Å². The summed E-state index contributed by atoms with van der Waals surface area (Å²) in [6, 6.07) is -0.0579.